The Labute approximate surface area is 136 Å². The molecule has 0 aliphatic rings. The highest BCUT2D eigenvalue weighted by atomic mass is 32.2. The van der Waals surface area contributed by atoms with Crippen LogP contribution in [0, 0.1) is 6.92 Å². The lowest BCUT2D eigenvalue weighted by molar-refractivity contribution is -0.115. The topological polar surface area (TPSA) is 42.0 Å². The Balaban J connectivity index is 2.04. The van der Waals surface area contributed by atoms with E-state index in [-0.39, 0.29) is 11.2 Å². The average molecular weight is 314 g/mol. The van der Waals surface area contributed by atoms with Gasteiger partial charge in [0.15, 0.2) is 0 Å². The van der Waals surface area contributed by atoms with Gasteiger partial charge < -0.3 is 5.32 Å². The second kappa shape index (κ2) is 7.45. The van der Waals surface area contributed by atoms with Gasteiger partial charge in [0.25, 0.3) is 0 Å². The van der Waals surface area contributed by atoms with E-state index in [9.17, 15) is 4.79 Å². The van der Waals surface area contributed by atoms with Crippen LogP contribution in [0.3, 0.4) is 0 Å². The van der Waals surface area contributed by atoms with Crippen molar-refractivity contribution in [3.8, 4) is 0 Å². The Morgan fingerprint density at radius 1 is 1.14 bits per heavy atom. The highest BCUT2D eigenvalue weighted by Gasteiger charge is 2.17. The van der Waals surface area contributed by atoms with E-state index in [1.54, 1.807) is 0 Å². The third kappa shape index (κ3) is 4.34. The summed E-state index contributed by atoms with van der Waals surface area (Å²) in [7, 11) is 0. The third-order valence-corrected chi connectivity index (χ3v) is 4.44. The number of anilines is 1. The molecule has 1 unspecified atom stereocenters. The number of carbonyl (C=O) groups excluding carboxylic acids is 1. The molecule has 0 aliphatic heterocycles. The fourth-order valence-corrected chi connectivity index (χ4v) is 2.90. The van der Waals surface area contributed by atoms with Gasteiger partial charge in [-0.1, -0.05) is 49.9 Å². The van der Waals surface area contributed by atoms with Gasteiger partial charge in [-0.2, -0.15) is 0 Å². The molecule has 1 aromatic carbocycles. The SMILES string of the molecule is Cc1ccc(SC(C)C(=O)Nc2ccccc2C(C)C)nc1. The van der Waals surface area contributed by atoms with Crippen molar-refractivity contribution in [2.24, 2.45) is 0 Å². The first kappa shape index (κ1) is 16.6. The molecule has 0 bridgehead atoms. The van der Waals surface area contributed by atoms with E-state index in [1.807, 2.05) is 50.4 Å². The molecule has 3 nitrogen and oxygen atoms in total. The monoisotopic (exact) mass is 314 g/mol. The third-order valence-electron chi connectivity index (χ3n) is 3.39. The van der Waals surface area contributed by atoms with Crippen LogP contribution in [0.5, 0.6) is 0 Å². The fraction of sp³-hybridized carbons (Fsp3) is 0.333. The molecule has 0 radical (unpaired) electrons. The van der Waals surface area contributed by atoms with Crippen molar-refractivity contribution in [1.82, 2.24) is 4.98 Å². The number of para-hydroxylation sites is 1. The van der Waals surface area contributed by atoms with Crippen LogP contribution in [0.25, 0.3) is 0 Å². The maximum Gasteiger partial charge on any atom is 0.237 e. The number of aromatic nitrogens is 1. The van der Waals surface area contributed by atoms with Gasteiger partial charge in [0.2, 0.25) is 5.91 Å². The number of hydrogen-bond donors (Lipinski definition) is 1. The summed E-state index contributed by atoms with van der Waals surface area (Å²) in [5.74, 6) is 0.374. The molecule has 0 saturated carbocycles. The van der Waals surface area contributed by atoms with Crippen molar-refractivity contribution < 1.29 is 4.79 Å². The molecular formula is C18H22N2OS. The maximum absolute atomic E-state index is 12.4. The van der Waals surface area contributed by atoms with Gasteiger partial charge >= 0.3 is 0 Å². The number of nitrogens with zero attached hydrogens (tertiary/aromatic N) is 1. The Morgan fingerprint density at radius 3 is 2.50 bits per heavy atom. The normalized spacial score (nSPS) is 12.2. The first-order valence-corrected chi connectivity index (χ1v) is 8.34. The average Bonchev–Trinajstić information content (AvgIpc) is 2.49. The molecule has 1 amide bonds. The molecular weight excluding hydrogens is 292 g/mol. The molecule has 22 heavy (non-hydrogen) atoms. The van der Waals surface area contributed by atoms with Gasteiger partial charge in [-0.05, 0) is 43.0 Å². The Morgan fingerprint density at radius 2 is 1.86 bits per heavy atom. The van der Waals surface area contributed by atoms with E-state index in [0.717, 1.165) is 21.8 Å². The molecule has 1 atom stereocenters. The van der Waals surface area contributed by atoms with E-state index < -0.39 is 0 Å². The first-order chi connectivity index (χ1) is 10.5. The van der Waals surface area contributed by atoms with E-state index in [4.69, 9.17) is 0 Å². The van der Waals surface area contributed by atoms with Crippen LogP contribution >= 0.6 is 11.8 Å². The summed E-state index contributed by atoms with van der Waals surface area (Å²) in [4.78, 5) is 16.7. The number of aryl methyl sites for hydroxylation is 1. The minimum Gasteiger partial charge on any atom is -0.325 e. The smallest absolute Gasteiger partial charge is 0.237 e. The predicted molar refractivity (Wildman–Crippen MR) is 93.5 cm³/mol. The zero-order chi connectivity index (χ0) is 16.1. The van der Waals surface area contributed by atoms with Gasteiger partial charge in [0.1, 0.15) is 0 Å². The number of nitrogens with one attached hydrogen (secondary N) is 1. The van der Waals surface area contributed by atoms with Gasteiger partial charge in [0.05, 0.1) is 10.3 Å². The minimum atomic E-state index is -0.199. The molecule has 1 aromatic heterocycles. The predicted octanol–water partition coefficient (Wildman–Crippen LogP) is 4.63. The van der Waals surface area contributed by atoms with Crippen molar-refractivity contribution in [2.45, 2.75) is 43.9 Å². The molecule has 0 spiro atoms. The molecule has 1 N–H and O–H groups in total. The van der Waals surface area contributed by atoms with Crippen LogP contribution in [0.2, 0.25) is 0 Å². The molecule has 0 saturated heterocycles. The van der Waals surface area contributed by atoms with E-state index in [1.165, 1.54) is 11.8 Å². The van der Waals surface area contributed by atoms with Gasteiger partial charge in [-0.25, -0.2) is 4.98 Å². The Hall–Kier alpha value is -1.81. The largest absolute Gasteiger partial charge is 0.325 e. The molecule has 116 valence electrons. The summed E-state index contributed by atoms with van der Waals surface area (Å²) >= 11 is 1.47. The number of hydrogen-bond acceptors (Lipinski definition) is 3. The molecule has 2 aromatic rings. The summed E-state index contributed by atoms with van der Waals surface area (Å²) in [6.07, 6.45) is 1.82. The molecule has 2 rings (SSSR count). The van der Waals surface area contributed by atoms with Crippen molar-refractivity contribution in [3.05, 3.63) is 53.7 Å². The highest BCUT2D eigenvalue weighted by Crippen LogP contribution is 2.26. The second-order valence-electron chi connectivity index (χ2n) is 5.67. The zero-order valence-electron chi connectivity index (χ0n) is 13.5. The quantitative estimate of drug-likeness (QED) is 0.818. The lowest BCUT2D eigenvalue weighted by Gasteiger charge is -2.16. The number of benzene rings is 1. The number of carbonyl (C=O) groups is 1. The van der Waals surface area contributed by atoms with Crippen LogP contribution in [0.1, 0.15) is 37.8 Å². The summed E-state index contributed by atoms with van der Waals surface area (Å²) < 4.78 is 0. The highest BCUT2D eigenvalue weighted by molar-refractivity contribution is 8.00. The summed E-state index contributed by atoms with van der Waals surface area (Å²) in [5.41, 5.74) is 3.17. The van der Waals surface area contributed by atoms with Crippen LogP contribution < -0.4 is 5.32 Å². The minimum absolute atomic E-state index is 0.000440. The maximum atomic E-state index is 12.4. The molecule has 4 heteroatoms. The van der Waals surface area contributed by atoms with Crippen LogP contribution in [0.15, 0.2) is 47.6 Å². The second-order valence-corrected chi connectivity index (χ2v) is 7.03. The van der Waals surface area contributed by atoms with Crippen molar-refractivity contribution in [3.63, 3.8) is 0 Å². The standard InChI is InChI=1S/C18H22N2OS/c1-12(2)15-7-5-6-8-16(15)20-18(21)14(4)22-17-10-9-13(3)11-19-17/h5-12,14H,1-4H3,(H,20,21). The Kier molecular flexibility index (Phi) is 5.61. The number of amides is 1. The molecule has 1 heterocycles. The number of rotatable bonds is 5. The lowest BCUT2D eigenvalue weighted by Crippen LogP contribution is -2.23. The van der Waals surface area contributed by atoms with E-state index >= 15 is 0 Å². The fourth-order valence-electron chi connectivity index (χ4n) is 2.11. The van der Waals surface area contributed by atoms with Crippen LogP contribution in [0.4, 0.5) is 5.69 Å². The number of pyridine rings is 1. The van der Waals surface area contributed by atoms with Crippen molar-refractivity contribution in [2.75, 3.05) is 5.32 Å². The summed E-state index contributed by atoms with van der Waals surface area (Å²) in [6.45, 7) is 8.15. The summed E-state index contributed by atoms with van der Waals surface area (Å²) in [5, 5.41) is 3.70. The first-order valence-electron chi connectivity index (χ1n) is 7.46. The lowest BCUT2D eigenvalue weighted by atomic mass is 10.0. The van der Waals surface area contributed by atoms with Crippen LogP contribution in [-0.2, 0) is 4.79 Å². The van der Waals surface area contributed by atoms with Crippen molar-refractivity contribution in [1.29, 1.82) is 0 Å². The van der Waals surface area contributed by atoms with Crippen molar-refractivity contribution >= 4 is 23.4 Å². The molecule has 0 aliphatic carbocycles. The van der Waals surface area contributed by atoms with Gasteiger partial charge in [0, 0.05) is 11.9 Å². The molecule has 0 fully saturated rings. The van der Waals surface area contributed by atoms with E-state index in [2.05, 4.69) is 30.2 Å². The summed E-state index contributed by atoms with van der Waals surface area (Å²) in [6, 6.07) is 11.9. The Bertz CT molecular complexity index is 638. The van der Waals surface area contributed by atoms with Gasteiger partial charge in [-0.15, -0.1) is 0 Å². The van der Waals surface area contributed by atoms with E-state index in [0.29, 0.717) is 5.92 Å². The van der Waals surface area contributed by atoms with Crippen LogP contribution in [-0.4, -0.2) is 16.1 Å². The number of thioether (sulfide) groups is 1. The zero-order valence-corrected chi connectivity index (χ0v) is 14.3. The van der Waals surface area contributed by atoms with Gasteiger partial charge in [-0.3, -0.25) is 4.79 Å².